The van der Waals surface area contributed by atoms with Crippen LogP contribution in [0.25, 0.3) is 10.9 Å². The smallest absolute Gasteiger partial charge is 0.418 e. The van der Waals surface area contributed by atoms with Crippen molar-refractivity contribution in [2.24, 2.45) is 0 Å². The molecule has 0 fully saturated rings. The number of rotatable bonds is 2. The summed E-state index contributed by atoms with van der Waals surface area (Å²) in [6, 6.07) is 3.39. The van der Waals surface area contributed by atoms with E-state index in [1.165, 1.54) is 19.1 Å². The Morgan fingerprint density at radius 3 is 2.55 bits per heavy atom. The minimum Gasteiger partial charge on any atom is -0.481 e. The highest BCUT2D eigenvalue weighted by molar-refractivity contribution is 5.89. The lowest BCUT2D eigenvalue weighted by atomic mass is 10.0. The van der Waals surface area contributed by atoms with Crippen molar-refractivity contribution in [2.75, 3.05) is 5.73 Å². The number of halogens is 3. The van der Waals surface area contributed by atoms with Crippen LogP contribution in [0.4, 0.5) is 19.1 Å². The second-order valence-electron chi connectivity index (χ2n) is 4.23. The first-order valence-corrected chi connectivity index (χ1v) is 5.58. The van der Waals surface area contributed by atoms with Gasteiger partial charge in [-0.3, -0.25) is 4.79 Å². The molecule has 3 N–H and O–H groups in total. The quantitative estimate of drug-likeness (QED) is 0.884. The van der Waals surface area contributed by atoms with Crippen molar-refractivity contribution in [3.63, 3.8) is 0 Å². The number of carboxylic acid groups (broad SMARTS) is 1. The Balaban J connectivity index is 2.83. The van der Waals surface area contributed by atoms with E-state index >= 15 is 0 Å². The first-order chi connectivity index (χ1) is 9.21. The van der Waals surface area contributed by atoms with Crippen LogP contribution in [-0.2, 0) is 11.0 Å². The number of carbonyl (C=O) groups is 1. The standard InChI is InChI=1S/C12H10F3N3O2/c1-5(10(19)20)8-6-3-2-4-7(12(13,14)15)9(6)18-11(16)17-8/h2-5H,1H3,(H,19,20)(H2,16,17,18). The van der Waals surface area contributed by atoms with E-state index in [-0.39, 0.29) is 11.1 Å². The van der Waals surface area contributed by atoms with Crippen LogP contribution in [0.2, 0.25) is 0 Å². The molecule has 1 heterocycles. The molecular weight excluding hydrogens is 275 g/mol. The Morgan fingerprint density at radius 2 is 2.00 bits per heavy atom. The zero-order chi connectivity index (χ0) is 15.1. The molecule has 0 saturated heterocycles. The Kier molecular flexibility index (Phi) is 3.24. The largest absolute Gasteiger partial charge is 0.481 e. The highest BCUT2D eigenvalue weighted by Gasteiger charge is 2.34. The number of hydrogen-bond donors (Lipinski definition) is 2. The average molecular weight is 285 g/mol. The van der Waals surface area contributed by atoms with Gasteiger partial charge in [-0.25, -0.2) is 9.97 Å². The summed E-state index contributed by atoms with van der Waals surface area (Å²) in [5.41, 5.74) is 3.99. The molecule has 1 unspecified atom stereocenters. The summed E-state index contributed by atoms with van der Waals surface area (Å²) < 4.78 is 38.8. The summed E-state index contributed by atoms with van der Waals surface area (Å²) in [4.78, 5) is 18.4. The number of fused-ring (bicyclic) bond motifs is 1. The maximum atomic E-state index is 12.9. The van der Waals surface area contributed by atoms with Gasteiger partial charge in [0.25, 0.3) is 0 Å². The molecule has 0 aliphatic rings. The van der Waals surface area contributed by atoms with Crippen molar-refractivity contribution in [1.29, 1.82) is 0 Å². The van der Waals surface area contributed by atoms with Crippen molar-refractivity contribution in [1.82, 2.24) is 9.97 Å². The van der Waals surface area contributed by atoms with Crippen molar-refractivity contribution < 1.29 is 23.1 Å². The molecule has 0 spiro atoms. The van der Waals surface area contributed by atoms with Gasteiger partial charge in [-0.15, -0.1) is 0 Å². The van der Waals surface area contributed by atoms with E-state index in [9.17, 15) is 18.0 Å². The van der Waals surface area contributed by atoms with Gasteiger partial charge in [-0.05, 0) is 13.0 Å². The number of carboxylic acids is 1. The van der Waals surface area contributed by atoms with Gasteiger partial charge in [0.15, 0.2) is 0 Å². The summed E-state index contributed by atoms with van der Waals surface area (Å²) in [6.07, 6.45) is -4.61. The molecule has 1 atom stereocenters. The number of benzene rings is 1. The van der Waals surface area contributed by atoms with Crippen LogP contribution in [-0.4, -0.2) is 21.0 Å². The third-order valence-electron chi connectivity index (χ3n) is 2.86. The zero-order valence-corrected chi connectivity index (χ0v) is 10.3. The van der Waals surface area contributed by atoms with Gasteiger partial charge in [-0.2, -0.15) is 13.2 Å². The minimum atomic E-state index is -4.61. The molecule has 0 aliphatic carbocycles. The normalized spacial score (nSPS) is 13.4. The van der Waals surface area contributed by atoms with Crippen molar-refractivity contribution in [3.05, 3.63) is 29.5 Å². The monoisotopic (exact) mass is 285 g/mol. The predicted molar refractivity (Wildman–Crippen MR) is 65.0 cm³/mol. The minimum absolute atomic E-state index is 0.0314. The lowest BCUT2D eigenvalue weighted by molar-refractivity contribution is -0.138. The average Bonchev–Trinajstić information content (AvgIpc) is 2.34. The van der Waals surface area contributed by atoms with Gasteiger partial charge in [-0.1, -0.05) is 12.1 Å². The third kappa shape index (κ3) is 2.36. The second-order valence-corrected chi connectivity index (χ2v) is 4.23. The highest BCUT2D eigenvalue weighted by Crippen LogP contribution is 2.35. The number of alkyl halides is 3. The zero-order valence-electron chi connectivity index (χ0n) is 10.3. The Morgan fingerprint density at radius 1 is 1.35 bits per heavy atom. The van der Waals surface area contributed by atoms with E-state index in [1.54, 1.807) is 0 Å². The molecule has 0 aliphatic heterocycles. The molecule has 2 rings (SSSR count). The molecule has 8 heteroatoms. The number of nitrogen functional groups attached to an aromatic ring is 1. The number of aliphatic carboxylic acids is 1. The number of aromatic nitrogens is 2. The topological polar surface area (TPSA) is 89.1 Å². The highest BCUT2D eigenvalue weighted by atomic mass is 19.4. The molecule has 0 amide bonds. The molecule has 1 aromatic carbocycles. The summed E-state index contributed by atoms with van der Waals surface area (Å²) in [7, 11) is 0. The first kappa shape index (κ1) is 14.0. The molecule has 0 saturated carbocycles. The van der Waals surface area contributed by atoms with Crippen LogP contribution >= 0.6 is 0 Å². The first-order valence-electron chi connectivity index (χ1n) is 5.58. The predicted octanol–water partition coefficient (Wildman–Crippen LogP) is 2.42. The lowest BCUT2D eigenvalue weighted by Crippen LogP contribution is -2.14. The molecule has 20 heavy (non-hydrogen) atoms. The van der Waals surface area contributed by atoms with Crippen molar-refractivity contribution in [2.45, 2.75) is 19.0 Å². The van der Waals surface area contributed by atoms with Crippen LogP contribution in [0.15, 0.2) is 18.2 Å². The van der Waals surface area contributed by atoms with Gasteiger partial charge in [0, 0.05) is 5.39 Å². The summed E-state index contributed by atoms with van der Waals surface area (Å²) >= 11 is 0. The van der Waals surface area contributed by atoms with Crippen molar-refractivity contribution in [3.8, 4) is 0 Å². The molecule has 0 radical (unpaired) electrons. The van der Waals surface area contributed by atoms with E-state index in [0.717, 1.165) is 6.07 Å². The molecule has 106 valence electrons. The number of nitrogens with zero attached hydrogens (tertiary/aromatic N) is 2. The van der Waals surface area contributed by atoms with E-state index in [1.807, 2.05) is 0 Å². The summed E-state index contributed by atoms with van der Waals surface area (Å²) in [6.45, 7) is 1.32. The van der Waals surface area contributed by atoms with Gasteiger partial charge in [0.05, 0.1) is 22.7 Å². The van der Waals surface area contributed by atoms with Crippen molar-refractivity contribution >= 4 is 22.8 Å². The van der Waals surface area contributed by atoms with Gasteiger partial charge < -0.3 is 10.8 Å². The maximum absolute atomic E-state index is 12.9. The SMILES string of the molecule is CC(C(=O)O)c1nc(N)nc2c(C(F)(F)F)cccc12. The fourth-order valence-corrected chi connectivity index (χ4v) is 1.87. The molecule has 1 aromatic heterocycles. The van der Waals surface area contributed by atoms with E-state index in [2.05, 4.69) is 9.97 Å². The van der Waals surface area contributed by atoms with E-state index < -0.39 is 35.1 Å². The number of nitrogens with two attached hydrogens (primary N) is 1. The van der Waals surface area contributed by atoms with Crippen LogP contribution < -0.4 is 5.73 Å². The maximum Gasteiger partial charge on any atom is 0.418 e. The summed E-state index contributed by atoms with van der Waals surface area (Å²) in [5, 5.41) is 9.02. The van der Waals surface area contributed by atoms with E-state index in [4.69, 9.17) is 10.8 Å². The molecule has 5 nitrogen and oxygen atoms in total. The van der Waals surface area contributed by atoms with Crippen LogP contribution in [0, 0.1) is 0 Å². The number of para-hydroxylation sites is 1. The van der Waals surface area contributed by atoms with E-state index in [0.29, 0.717) is 0 Å². The Bertz CT molecular complexity index is 685. The van der Waals surface area contributed by atoms with Gasteiger partial charge >= 0.3 is 12.1 Å². The van der Waals surface area contributed by atoms with Gasteiger partial charge in [0.2, 0.25) is 5.95 Å². The molecule has 0 bridgehead atoms. The molecule has 2 aromatic rings. The summed E-state index contributed by atoms with van der Waals surface area (Å²) in [5.74, 6) is -2.69. The molecular formula is C12H10F3N3O2. The van der Waals surface area contributed by atoms with Gasteiger partial charge in [0.1, 0.15) is 0 Å². The van der Waals surface area contributed by atoms with Crippen LogP contribution in [0.3, 0.4) is 0 Å². The van der Waals surface area contributed by atoms with Crippen LogP contribution in [0.5, 0.6) is 0 Å². The third-order valence-corrected chi connectivity index (χ3v) is 2.86. The Hall–Kier alpha value is -2.38. The number of hydrogen-bond acceptors (Lipinski definition) is 4. The fraction of sp³-hybridized carbons (Fsp3) is 0.250. The second kappa shape index (κ2) is 4.62. The fourth-order valence-electron chi connectivity index (χ4n) is 1.87. The Labute approximate surface area is 111 Å². The number of anilines is 1. The lowest BCUT2D eigenvalue weighted by Gasteiger charge is -2.14. The van der Waals surface area contributed by atoms with Crippen LogP contribution in [0.1, 0.15) is 24.1 Å².